The average molecular weight is 361 g/mol. The second kappa shape index (κ2) is 10.1. The molecule has 1 aromatic carbocycles. The first-order chi connectivity index (χ1) is 11.8. The molecule has 0 saturated heterocycles. The number of hydrogen-bond donors (Lipinski definition) is 2. The summed E-state index contributed by atoms with van der Waals surface area (Å²) in [6, 6.07) is 5.84. The summed E-state index contributed by atoms with van der Waals surface area (Å²) in [5, 5.41) is 10.9. The van der Waals surface area contributed by atoms with Gasteiger partial charge in [0, 0.05) is 27.4 Å². The second-order valence-electron chi connectivity index (χ2n) is 5.71. The van der Waals surface area contributed by atoms with E-state index in [1.807, 2.05) is 45.2 Å². The minimum Gasteiger partial charge on any atom is -0.493 e. The van der Waals surface area contributed by atoms with Crippen molar-refractivity contribution >= 4 is 29.1 Å². The molecule has 25 heavy (non-hydrogen) atoms. The molecule has 0 fully saturated rings. The molecule has 0 bridgehead atoms. The Morgan fingerprint density at radius 3 is 2.52 bits per heavy atom. The largest absolute Gasteiger partial charge is 0.493 e. The fraction of sp³-hybridized carbons (Fsp3) is 0.400. The monoisotopic (exact) mass is 360 g/mol. The van der Waals surface area contributed by atoms with Crippen LogP contribution in [0.5, 0.6) is 5.75 Å². The first kappa shape index (κ1) is 21.0. The molecule has 0 saturated carbocycles. The number of carbonyl (C=O) groups excluding carboxylic acids is 1. The van der Waals surface area contributed by atoms with E-state index in [9.17, 15) is 4.79 Å². The van der Waals surface area contributed by atoms with Crippen molar-refractivity contribution in [1.82, 2.24) is 5.32 Å². The summed E-state index contributed by atoms with van der Waals surface area (Å²) in [5.41, 5.74) is 3.03. The van der Waals surface area contributed by atoms with Crippen LogP contribution in [-0.2, 0) is 4.79 Å². The normalized spacial score (nSPS) is 11.6. The third-order valence-electron chi connectivity index (χ3n) is 3.93. The minimum absolute atomic E-state index is 0.236. The Kier molecular flexibility index (Phi) is 8.49. The molecule has 0 spiro atoms. The quantitative estimate of drug-likeness (QED) is 0.368. The van der Waals surface area contributed by atoms with Gasteiger partial charge in [-0.2, -0.15) is 0 Å². The molecule has 5 heteroatoms. The Morgan fingerprint density at radius 1 is 1.28 bits per heavy atom. The van der Waals surface area contributed by atoms with Crippen molar-refractivity contribution in [3.05, 3.63) is 41.5 Å². The maximum atomic E-state index is 12.5. The van der Waals surface area contributed by atoms with E-state index in [2.05, 4.69) is 11.9 Å². The summed E-state index contributed by atoms with van der Waals surface area (Å²) in [4.78, 5) is 13.6. The SMILES string of the molecule is C=C(NC(=O)/C(C)=C(\C)C(=N)CCC)c1cc(SC)ccc1OCC. The first-order valence-electron chi connectivity index (χ1n) is 8.42. The molecule has 0 radical (unpaired) electrons. The molecule has 0 aliphatic carbocycles. The fourth-order valence-corrected chi connectivity index (χ4v) is 2.73. The fourth-order valence-electron chi connectivity index (χ4n) is 2.29. The zero-order chi connectivity index (χ0) is 19.0. The molecule has 0 heterocycles. The molecule has 0 aliphatic rings. The molecule has 136 valence electrons. The van der Waals surface area contributed by atoms with Crippen molar-refractivity contribution in [3.63, 3.8) is 0 Å². The smallest absolute Gasteiger partial charge is 0.251 e. The van der Waals surface area contributed by atoms with Crippen LogP contribution in [0.15, 0.2) is 40.8 Å². The highest BCUT2D eigenvalue weighted by molar-refractivity contribution is 7.98. The first-order valence-corrected chi connectivity index (χ1v) is 9.64. The van der Waals surface area contributed by atoms with Gasteiger partial charge in [0.15, 0.2) is 0 Å². The van der Waals surface area contributed by atoms with E-state index in [4.69, 9.17) is 10.1 Å². The maximum Gasteiger partial charge on any atom is 0.251 e. The molecule has 0 aliphatic heterocycles. The lowest BCUT2D eigenvalue weighted by Crippen LogP contribution is -2.24. The number of benzene rings is 1. The molecule has 1 amide bonds. The van der Waals surface area contributed by atoms with Gasteiger partial charge in [0.05, 0.1) is 6.61 Å². The number of carbonyl (C=O) groups is 1. The molecule has 0 unspecified atom stereocenters. The Bertz CT molecular complexity index is 693. The maximum absolute atomic E-state index is 12.5. The lowest BCUT2D eigenvalue weighted by molar-refractivity contribution is -0.116. The van der Waals surface area contributed by atoms with E-state index in [1.54, 1.807) is 18.7 Å². The van der Waals surface area contributed by atoms with Gasteiger partial charge >= 0.3 is 0 Å². The van der Waals surface area contributed by atoms with Crippen LogP contribution in [0.25, 0.3) is 5.70 Å². The lowest BCUT2D eigenvalue weighted by atomic mass is 10.0. The summed E-state index contributed by atoms with van der Waals surface area (Å²) in [6.45, 7) is 12.0. The molecule has 1 rings (SSSR count). The van der Waals surface area contributed by atoms with Crippen molar-refractivity contribution in [2.45, 2.75) is 45.4 Å². The number of nitrogens with one attached hydrogen (secondary N) is 2. The van der Waals surface area contributed by atoms with Gasteiger partial charge in [0.2, 0.25) is 0 Å². The third-order valence-corrected chi connectivity index (χ3v) is 4.66. The molecule has 4 nitrogen and oxygen atoms in total. The topological polar surface area (TPSA) is 62.2 Å². The number of allylic oxidation sites excluding steroid dienone is 1. The zero-order valence-corrected chi connectivity index (χ0v) is 16.6. The van der Waals surface area contributed by atoms with Crippen LogP contribution in [0.2, 0.25) is 0 Å². The summed E-state index contributed by atoms with van der Waals surface area (Å²) >= 11 is 1.62. The van der Waals surface area contributed by atoms with E-state index >= 15 is 0 Å². The van der Waals surface area contributed by atoms with Gasteiger partial charge in [-0.05, 0) is 57.2 Å². The van der Waals surface area contributed by atoms with Crippen molar-refractivity contribution in [2.75, 3.05) is 12.9 Å². The van der Waals surface area contributed by atoms with Crippen LogP contribution in [0.3, 0.4) is 0 Å². The van der Waals surface area contributed by atoms with Crippen LogP contribution < -0.4 is 10.1 Å². The summed E-state index contributed by atoms with van der Waals surface area (Å²) in [5.74, 6) is 0.461. The Morgan fingerprint density at radius 2 is 1.96 bits per heavy atom. The molecule has 0 atom stereocenters. The van der Waals surface area contributed by atoms with Gasteiger partial charge < -0.3 is 15.5 Å². The minimum atomic E-state index is -0.236. The molecule has 0 aromatic heterocycles. The van der Waals surface area contributed by atoms with Gasteiger partial charge in [0.25, 0.3) is 5.91 Å². The predicted octanol–water partition coefficient (Wildman–Crippen LogP) is 5.05. The molecular formula is C20H28N2O2S. The number of ether oxygens (including phenoxy) is 1. The highest BCUT2D eigenvalue weighted by Crippen LogP contribution is 2.29. The highest BCUT2D eigenvalue weighted by atomic mass is 32.2. The molecule has 1 aromatic rings. The Labute approximate surface area is 155 Å². The van der Waals surface area contributed by atoms with E-state index in [0.29, 0.717) is 35.8 Å². The lowest BCUT2D eigenvalue weighted by Gasteiger charge is -2.16. The van der Waals surface area contributed by atoms with E-state index < -0.39 is 0 Å². The van der Waals surface area contributed by atoms with Crippen molar-refractivity contribution < 1.29 is 9.53 Å². The molecule has 2 N–H and O–H groups in total. The van der Waals surface area contributed by atoms with Gasteiger partial charge in [-0.3, -0.25) is 4.79 Å². The average Bonchev–Trinajstić information content (AvgIpc) is 2.60. The summed E-state index contributed by atoms with van der Waals surface area (Å²) in [7, 11) is 0. The summed E-state index contributed by atoms with van der Waals surface area (Å²) in [6.07, 6.45) is 3.55. The van der Waals surface area contributed by atoms with E-state index in [-0.39, 0.29) is 5.91 Å². The Hall–Kier alpha value is -2.01. The van der Waals surface area contributed by atoms with Gasteiger partial charge in [-0.15, -0.1) is 11.8 Å². The van der Waals surface area contributed by atoms with Crippen LogP contribution in [0.4, 0.5) is 0 Å². The second-order valence-corrected chi connectivity index (χ2v) is 6.59. The van der Waals surface area contributed by atoms with Gasteiger partial charge in [-0.1, -0.05) is 19.9 Å². The van der Waals surface area contributed by atoms with Crippen LogP contribution in [-0.4, -0.2) is 24.5 Å². The number of thioether (sulfide) groups is 1. The van der Waals surface area contributed by atoms with E-state index in [0.717, 1.165) is 22.5 Å². The number of rotatable bonds is 9. The van der Waals surface area contributed by atoms with Crippen LogP contribution in [0, 0.1) is 5.41 Å². The number of hydrogen-bond acceptors (Lipinski definition) is 4. The molecular weight excluding hydrogens is 332 g/mol. The van der Waals surface area contributed by atoms with Gasteiger partial charge in [-0.25, -0.2) is 0 Å². The number of amides is 1. The predicted molar refractivity (Wildman–Crippen MR) is 108 cm³/mol. The highest BCUT2D eigenvalue weighted by Gasteiger charge is 2.15. The van der Waals surface area contributed by atoms with Crippen molar-refractivity contribution in [1.29, 1.82) is 5.41 Å². The third kappa shape index (κ3) is 5.78. The van der Waals surface area contributed by atoms with Crippen LogP contribution >= 0.6 is 11.8 Å². The zero-order valence-electron chi connectivity index (χ0n) is 15.8. The standard InChI is InChI=1S/C20H28N2O2S/c1-7-9-18(21)13(3)14(4)20(23)22-15(5)17-12-16(25-6)10-11-19(17)24-8-2/h10-12,21H,5,7-9H2,1-4,6H3,(H,22,23)/b14-13+,21-18?. The van der Waals surface area contributed by atoms with Crippen LogP contribution in [0.1, 0.15) is 46.1 Å². The summed E-state index contributed by atoms with van der Waals surface area (Å²) < 4.78 is 5.65. The van der Waals surface area contributed by atoms with E-state index in [1.165, 1.54) is 0 Å². The van der Waals surface area contributed by atoms with Crippen molar-refractivity contribution in [3.8, 4) is 5.75 Å². The van der Waals surface area contributed by atoms with Crippen molar-refractivity contribution in [2.24, 2.45) is 0 Å². The Balaban J connectivity index is 3.03. The van der Waals surface area contributed by atoms with Gasteiger partial charge in [0.1, 0.15) is 5.75 Å².